The van der Waals surface area contributed by atoms with E-state index in [2.05, 4.69) is 74.4 Å². The van der Waals surface area contributed by atoms with E-state index in [9.17, 15) is 4.79 Å². The van der Waals surface area contributed by atoms with E-state index in [4.69, 9.17) is 14.0 Å². The van der Waals surface area contributed by atoms with Gasteiger partial charge < -0.3 is 24.2 Å². The van der Waals surface area contributed by atoms with E-state index in [1.54, 1.807) is 7.05 Å². The number of amides is 1. The second kappa shape index (κ2) is 13.2. The number of carbonyl (C=O) groups is 1. The van der Waals surface area contributed by atoms with E-state index in [-0.39, 0.29) is 17.6 Å². The maximum Gasteiger partial charge on any atom is 0.290 e. The molecule has 39 heavy (non-hydrogen) atoms. The largest absolute Gasteiger partial charge is 0.493 e. The summed E-state index contributed by atoms with van der Waals surface area (Å²) < 4.78 is 18.3. The lowest BCUT2D eigenvalue weighted by Gasteiger charge is -2.25. The van der Waals surface area contributed by atoms with E-state index in [0.29, 0.717) is 30.2 Å². The van der Waals surface area contributed by atoms with E-state index in [1.165, 1.54) is 11.1 Å². The highest BCUT2D eigenvalue weighted by Gasteiger charge is 2.28. The van der Waals surface area contributed by atoms with Crippen molar-refractivity contribution in [1.82, 2.24) is 15.4 Å². The lowest BCUT2D eigenvalue weighted by molar-refractivity contribution is 0.0927. The van der Waals surface area contributed by atoms with Crippen molar-refractivity contribution in [2.75, 3.05) is 33.9 Å². The number of ether oxygens (including phenoxy) is 2. The fourth-order valence-corrected chi connectivity index (χ4v) is 4.97. The number of nitrogens with zero attached hydrogens (tertiary/aromatic N) is 2. The third kappa shape index (κ3) is 6.47. The molecule has 2 heterocycles. The van der Waals surface area contributed by atoms with Gasteiger partial charge in [0.2, 0.25) is 5.76 Å². The van der Waals surface area contributed by atoms with Crippen LogP contribution in [0, 0.1) is 0 Å². The maximum absolute atomic E-state index is 13.0. The first-order valence-corrected chi connectivity index (χ1v) is 14.3. The van der Waals surface area contributed by atoms with Crippen LogP contribution in [0.2, 0.25) is 0 Å². The predicted molar refractivity (Wildman–Crippen MR) is 156 cm³/mol. The molecule has 1 aromatic heterocycles. The number of unbranched alkanes of at least 4 members (excludes halogenated alkanes) is 2. The maximum atomic E-state index is 13.0. The lowest BCUT2D eigenvalue weighted by atomic mass is 9.91. The van der Waals surface area contributed by atoms with Gasteiger partial charge in [0.25, 0.3) is 5.91 Å². The molecule has 0 fully saturated rings. The first kappa shape index (κ1) is 28.7. The molecule has 7 heteroatoms. The summed E-state index contributed by atoms with van der Waals surface area (Å²) in [6.45, 7) is 11.8. The van der Waals surface area contributed by atoms with Gasteiger partial charge in [-0.05, 0) is 60.5 Å². The quantitative estimate of drug-likeness (QED) is 0.257. The number of aromatic nitrogens is 1. The zero-order valence-electron chi connectivity index (χ0n) is 24.4. The molecule has 0 atom stereocenters. The van der Waals surface area contributed by atoms with Crippen LogP contribution >= 0.6 is 0 Å². The average Bonchev–Trinajstić information content (AvgIpc) is 3.37. The normalized spacial score (nSPS) is 13.4. The van der Waals surface area contributed by atoms with Crippen molar-refractivity contribution < 1.29 is 18.8 Å². The number of likely N-dealkylation sites (N-methyl/N-ethyl adjacent to an activating group) is 1. The number of rotatable bonds is 12. The van der Waals surface area contributed by atoms with E-state index in [0.717, 1.165) is 67.6 Å². The van der Waals surface area contributed by atoms with Crippen LogP contribution in [0.25, 0.3) is 22.4 Å². The minimum atomic E-state index is -0.307. The molecule has 1 aliphatic heterocycles. The Kier molecular flexibility index (Phi) is 9.68. The number of benzene rings is 2. The van der Waals surface area contributed by atoms with Crippen molar-refractivity contribution in [2.45, 2.75) is 72.3 Å². The molecule has 3 aromatic rings. The molecule has 4 rings (SSSR count). The minimum Gasteiger partial charge on any atom is -0.493 e. The second-order valence-electron chi connectivity index (χ2n) is 10.7. The standard InChI is InChI=1S/C32H43N3O4/c1-7-9-15-37-27-19-28(38-16-10-8-2)26(18-25(27)21(3)4)30-29(31(39-34-30)32(36)33-5)23-11-12-24-20-35(6)14-13-22(24)17-23/h11-12,17-19,21H,7-10,13-16,20H2,1-6H3,(H,33,36). The minimum absolute atomic E-state index is 0.203. The van der Waals surface area contributed by atoms with Crippen LogP contribution in [0.15, 0.2) is 34.9 Å². The summed E-state index contributed by atoms with van der Waals surface area (Å²) in [6, 6.07) is 10.5. The second-order valence-corrected chi connectivity index (χ2v) is 10.7. The van der Waals surface area contributed by atoms with Gasteiger partial charge in [-0.3, -0.25) is 4.79 Å². The Morgan fingerprint density at radius 2 is 1.77 bits per heavy atom. The van der Waals surface area contributed by atoms with Crippen molar-refractivity contribution in [3.63, 3.8) is 0 Å². The van der Waals surface area contributed by atoms with Gasteiger partial charge in [0.1, 0.15) is 17.2 Å². The van der Waals surface area contributed by atoms with Gasteiger partial charge in [0, 0.05) is 31.8 Å². The van der Waals surface area contributed by atoms with Gasteiger partial charge in [0.15, 0.2) is 0 Å². The van der Waals surface area contributed by atoms with Crippen LogP contribution in [-0.2, 0) is 13.0 Å². The van der Waals surface area contributed by atoms with Gasteiger partial charge in [0.05, 0.1) is 18.8 Å². The molecule has 2 aromatic carbocycles. The molecule has 0 unspecified atom stereocenters. The monoisotopic (exact) mass is 533 g/mol. The van der Waals surface area contributed by atoms with Gasteiger partial charge in [-0.25, -0.2) is 0 Å². The van der Waals surface area contributed by atoms with Crippen molar-refractivity contribution in [3.05, 3.63) is 52.8 Å². The fraction of sp³-hybridized carbons (Fsp3) is 0.500. The highest BCUT2D eigenvalue weighted by molar-refractivity contribution is 6.02. The van der Waals surface area contributed by atoms with Crippen LogP contribution < -0.4 is 14.8 Å². The number of hydrogen-bond donors (Lipinski definition) is 1. The third-order valence-electron chi connectivity index (χ3n) is 7.32. The molecule has 1 aliphatic rings. The fourth-order valence-electron chi connectivity index (χ4n) is 4.97. The highest BCUT2D eigenvalue weighted by Crippen LogP contribution is 2.44. The predicted octanol–water partition coefficient (Wildman–Crippen LogP) is 6.84. The van der Waals surface area contributed by atoms with Crippen molar-refractivity contribution >= 4 is 5.91 Å². The van der Waals surface area contributed by atoms with Gasteiger partial charge >= 0.3 is 0 Å². The molecule has 7 nitrogen and oxygen atoms in total. The Labute approximate surface area is 232 Å². The Bertz CT molecular complexity index is 1280. The molecule has 1 N–H and O–H groups in total. The summed E-state index contributed by atoms with van der Waals surface area (Å²) in [5.74, 6) is 1.65. The Hall–Kier alpha value is -3.32. The molecular weight excluding hydrogens is 490 g/mol. The number of carbonyl (C=O) groups excluding carboxylic acids is 1. The van der Waals surface area contributed by atoms with Crippen LogP contribution in [0.4, 0.5) is 0 Å². The number of hydrogen-bond acceptors (Lipinski definition) is 6. The van der Waals surface area contributed by atoms with Crippen molar-refractivity contribution in [1.29, 1.82) is 0 Å². The van der Waals surface area contributed by atoms with Crippen LogP contribution in [0.5, 0.6) is 11.5 Å². The van der Waals surface area contributed by atoms with Crippen LogP contribution in [0.1, 0.15) is 86.5 Å². The Morgan fingerprint density at radius 1 is 1.05 bits per heavy atom. The number of nitrogens with one attached hydrogen (secondary N) is 1. The molecule has 0 aliphatic carbocycles. The smallest absolute Gasteiger partial charge is 0.290 e. The van der Waals surface area contributed by atoms with Gasteiger partial charge in [-0.2, -0.15) is 0 Å². The van der Waals surface area contributed by atoms with E-state index >= 15 is 0 Å². The SMILES string of the molecule is CCCCOc1cc(OCCCC)c(C(C)C)cc1-c1noc(C(=O)NC)c1-c1ccc2c(c1)CCN(C)C2. The average molecular weight is 534 g/mol. The molecular formula is C32H43N3O4. The summed E-state index contributed by atoms with van der Waals surface area (Å²) in [7, 11) is 3.75. The van der Waals surface area contributed by atoms with E-state index in [1.807, 2.05) is 6.07 Å². The summed E-state index contributed by atoms with van der Waals surface area (Å²) in [5.41, 5.74) is 6.70. The molecule has 0 saturated heterocycles. The Balaban J connectivity index is 1.89. The topological polar surface area (TPSA) is 76.8 Å². The highest BCUT2D eigenvalue weighted by atomic mass is 16.5. The molecule has 1 amide bonds. The van der Waals surface area contributed by atoms with Gasteiger partial charge in [-0.15, -0.1) is 0 Å². The molecule has 0 saturated carbocycles. The molecule has 0 bridgehead atoms. The summed E-state index contributed by atoms with van der Waals surface area (Å²) in [5, 5.41) is 7.20. The van der Waals surface area contributed by atoms with Crippen LogP contribution in [-0.4, -0.2) is 49.8 Å². The molecule has 210 valence electrons. The first-order chi connectivity index (χ1) is 18.9. The summed E-state index contributed by atoms with van der Waals surface area (Å²) in [4.78, 5) is 15.3. The molecule has 0 radical (unpaired) electrons. The zero-order valence-corrected chi connectivity index (χ0v) is 24.4. The van der Waals surface area contributed by atoms with Gasteiger partial charge in [-0.1, -0.05) is 63.9 Å². The van der Waals surface area contributed by atoms with Crippen LogP contribution in [0.3, 0.4) is 0 Å². The Morgan fingerprint density at radius 3 is 2.44 bits per heavy atom. The zero-order chi connectivity index (χ0) is 27.9. The summed E-state index contributed by atoms with van der Waals surface area (Å²) in [6.07, 6.45) is 4.98. The van der Waals surface area contributed by atoms with Crippen molar-refractivity contribution in [2.24, 2.45) is 0 Å². The number of fused-ring (bicyclic) bond motifs is 1. The third-order valence-corrected chi connectivity index (χ3v) is 7.32. The first-order valence-electron chi connectivity index (χ1n) is 14.3. The van der Waals surface area contributed by atoms with Crippen molar-refractivity contribution in [3.8, 4) is 33.9 Å². The summed E-state index contributed by atoms with van der Waals surface area (Å²) >= 11 is 0. The molecule has 0 spiro atoms. The lowest BCUT2D eigenvalue weighted by Crippen LogP contribution is -2.26. The van der Waals surface area contributed by atoms with E-state index < -0.39 is 0 Å².